The van der Waals surface area contributed by atoms with Crippen LogP contribution in [0.2, 0.25) is 0 Å². The van der Waals surface area contributed by atoms with E-state index in [1.54, 1.807) is 0 Å². The van der Waals surface area contributed by atoms with Crippen LogP contribution in [0.15, 0.2) is 41.5 Å². The van der Waals surface area contributed by atoms with Crippen LogP contribution in [0, 0.1) is 20.8 Å². The number of carbonyl (C=O) groups is 2. The molecule has 146 valence electrons. The first-order valence-electron chi connectivity index (χ1n) is 9.37. The zero-order valence-electron chi connectivity index (χ0n) is 16.5. The molecule has 0 fully saturated rings. The highest BCUT2D eigenvalue weighted by Gasteiger charge is 2.21. The van der Waals surface area contributed by atoms with Crippen LogP contribution in [0.5, 0.6) is 0 Å². The summed E-state index contributed by atoms with van der Waals surface area (Å²) in [4.78, 5) is 28.7. The van der Waals surface area contributed by atoms with Crippen molar-refractivity contribution in [3.63, 3.8) is 0 Å². The lowest BCUT2D eigenvalue weighted by Gasteiger charge is -2.24. The van der Waals surface area contributed by atoms with Crippen molar-refractivity contribution in [3.05, 3.63) is 58.9 Å². The summed E-state index contributed by atoms with van der Waals surface area (Å²) in [7, 11) is 0. The molecule has 2 heterocycles. The monoisotopic (exact) mass is 379 g/mol. The molecule has 0 bridgehead atoms. The Bertz CT molecular complexity index is 885. The van der Waals surface area contributed by atoms with E-state index in [0.29, 0.717) is 31.6 Å². The number of rotatable bonds is 5. The average Bonchev–Trinajstić information content (AvgIpc) is 2.67. The second kappa shape index (κ2) is 8.65. The number of urea groups is 1. The van der Waals surface area contributed by atoms with Crippen LogP contribution in [0.1, 0.15) is 35.4 Å². The third-order valence-electron chi connectivity index (χ3n) is 4.59. The van der Waals surface area contributed by atoms with E-state index in [0.717, 1.165) is 28.2 Å². The van der Waals surface area contributed by atoms with Gasteiger partial charge in [0.15, 0.2) is 0 Å². The standard InChI is InChI=1S/C21H25N5O2/c1-14-13-15(2)23-16(3)20(14)24-21(28)22-11-12-26-19(27)10-9-18(25-26)17-7-5-4-6-8-17/h4-8,13H,9-12H2,1-3H3,(H2,22,24,28). The molecule has 0 saturated carbocycles. The van der Waals surface area contributed by atoms with Crippen LogP contribution >= 0.6 is 0 Å². The molecular weight excluding hydrogens is 354 g/mol. The lowest BCUT2D eigenvalue weighted by atomic mass is 10.0. The first-order valence-corrected chi connectivity index (χ1v) is 9.37. The summed E-state index contributed by atoms with van der Waals surface area (Å²) in [5, 5.41) is 11.5. The lowest BCUT2D eigenvalue weighted by Crippen LogP contribution is -2.39. The number of aryl methyl sites for hydroxylation is 3. The molecule has 0 spiro atoms. The largest absolute Gasteiger partial charge is 0.336 e. The third-order valence-corrected chi connectivity index (χ3v) is 4.59. The zero-order chi connectivity index (χ0) is 20.1. The van der Waals surface area contributed by atoms with E-state index in [4.69, 9.17) is 0 Å². The Morgan fingerprint density at radius 2 is 1.89 bits per heavy atom. The van der Waals surface area contributed by atoms with E-state index in [1.165, 1.54) is 5.01 Å². The summed E-state index contributed by atoms with van der Waals surface area (Å²) in [6, 6.07) is 11.4. The van der Waals surface area contributed by atoms with Gasteiger partial charge in [0.05, 0.1) is 23.6 Å². The predicted octanol–water partition coefficient (Wildman–Crippen LogP) is 3.16. The van der Waals surface area contributed by atoms with E-state index in [9.17, 15) is 9.59 Å². The van der Waals surface area contributed by atoms with Gasteiger partial charge in [-0.15, -0.1) is 0 Å². The first kappa shape index (κ1) is 19.5. The van der Waals surface area contributed by atoms with Crippen LogP contribution in [0.3, 0.4) is 0 Å². The molecule has 0 aliphatic carbocycles. The van der Waals surface area contributed by atoms with Gasteiger partial charge in [0.2, 0.25) is 5.91 Å². The van der Waals surface area contributed by atoms with Gasteiger partial charge in [-0.1, -0.05) is 30.3 Å². The lowest BCUT2D eigenvalue weighted by molar-refractivity contribution is -0.131. The minimum Gasteiger partial charge on any atom is -0.336 e. The number of pyridine rings is 1. The molecule has 0 atom stereocenters. The SMILES string of the molecule is Cc1cc(C)c(NC(=O)NCCN2N=C(c3ccccc3)CCC2=O)c(C)n1. The summed E-state index contributed by atoms with van der Waals surface area (Å²) >= 11 is 0. The van der Waals surface area contributed by atoms with E-state index in [-0.39, 0.29) is 11.9 Å². The molecule has 2 N–H and O–H groups in total. The Morgan fingerprint density at radius 3 is 2.61 bits per heavy atom. The first-order chi connectivity index (χ1) is 13.4. The highest BCUT2D eigenvalue weighted by molar-refractivity contribution is 6.04. The van der Waals surface area contributed by atoms with Gasteiger partial charge in [0, 0.05) is 25.1 Å². The van der Waals surface area contributed by atoms with E-state index in [1.807, 2.05) is 57.2 Å². The number of hydrazone groups is 1. The summed E-state index contributed by atoms with van der Waals surface area (Å²) in [5.74, 6) is -0.0312. The summed E-state index contributed by atoms with van der Waals surface area (Å²) in [5.41, 5.74) is 5.27. The molecule has 1 aliphatic rings. The quantitative estimate of drug-likeness (QED) is 0.837. The maximum atomic E-state index is 12.2. The van der Waals surface area contributed by atoms with Crippen molar-refractivity contribution in [2.24, 2.45) is 5.10 Å². The molecule has 2 aromatic rings. The van der Waals surface area contributed by atoms with Crippen LogP contribution in [0.4, 0.5) is 10.5 Å². The molecule has 3 rings (SSSR count). The molecular formula is C21H25N5O2. The summed E-state index contributed by atoms with van der Waals surface area (Å²) < 4.78 is 0. The minimum atomic E-state index is -0.325. The molecule has 0 radical (unpaired) electrons. The number of hydrogen-bond acceptors (Lipinski definition) is 4. The number of amides is 3. The molecule has 7 heteroatoms. The minimum absolute atomic E-state index is 0.0312. The molecule has 0 unspecified atom stereocenters. The van der Waals surface area contributed by atoms with Gasteiger partial charge < -0.3 is 10.6 Å². The van der Waals surface area contributed by atoms with Crippen molar-refractivity contribution >= 4 is 23.3 Å². The number of anilines is 1. The Morgan fingerprint density at radius 1 is 1.14 bits per heavy atom. The Labute approximate surface area is 164 Å². The van der Waals surface area contributed by atoms with Crippen molar-refractivity contribution in [1.29, 1.82) is 0 Å². The third kappa shape index (κ3) is 4.73. The molecule has 28 heavy (non-hydrogen) atoms. The van der Waals surface area contributed by atoms with Crippen LogP contribution < -0.4 is 10.6 Å². The van der Waals surface area contributed by atoms with Gasteiger partial charge in [-0.25, -0.2) is 9.80 Å². The Balaban J connectivity index is 1.56. The van der Waals surface area contributed by atoms with Crippen LogP contribution in [-0.4, -0.2) is 40.7 Å². The van der Waals surface area contributed by atoms with Crippen molar-refractivity contribution in [1.82, 2.24) is 15.3 Å². The maximum Gasteiger partial charge on any atom is 0.319 e. The molecule has 7 nitrogen and oxygen atoms in total. The van der Waals surface area contributed by atoms with Gasteiger partial charge in [0.1, 0.15) is 0 Å². The van der Waals surface area contributed by atoms with Crippen molar-refractivity contribution in [2.75, 3.05) is 18.4 Å². The van der Waals surface area contributed by atoms with Gasteiger partial charge >= 0.3 is 6.03 Å². The fourth-order valence-electron chi connectivity index (χ4n) is 3.26. The predicted molar refractivity (Wildman–Crippen MR) is 109 cm³/mol. The molecule has 1 aromatic carbocycles. The fourth-order valence-corrected chi connectivity index (χ4v) is 3.26. The molecule has 1 aliphatic heterocycles. The smallest absolute Gasteiger partial charge is 0.319 e. The van der Waals surface area contributed by atoms with Gasteiger partial charge in [-0.05, 0) is 38.0 Å². The molecule has 3 amide bonds. The number of nitrogens with one attached hydrogen (secondary N) is 2. The van der Waals surface area contributed by atoms with Gasteiger partial charge in [-0.2, -0.15) is 5.10 Å². The highest BCUT2D eigenvalue weighted by atomic mass is 16.2. The highest BCUT2D eigenvalue weighted by Crippen LogP contribution is 2.19. The van der Waals surface area contributed by atoms with E-state index in [2.05, 4.69) is 20.7 Å². The van der Waals surface area contributed by atoms with Crippen LogP contribution in [-0.2, 0) is 4.79 Å². The van der Waals surface area contributed by atoms with Crippen LogP contribution in [0.25, 0.3) is 0 Å². The van der Waals surface area contributed by atoms with Gasteiger partial charge in [-0.3, -0.25) is 9.78 Å². The number of hydrogen-bond donors (Lipinski definition) is 2. The molecule has 0 saturated heterocycles. The number of carbonyl (C=O) groups excluding carboxylic acids is 2. The Kier molecular flexibility index (Phi) is 6.03. The van der Waals surface area contributed by atoms with E-state index < -0.39 is 0 Å². The number of nitrogens with zero attached hydrogens (tertiary/aromatic N) is 3. The normalized spacial score (nSPS) is 13.9. The van der Waals surface area contributed by atoms with E-state index >= 15 is 0 Å². The number of benzene rings is 1. The zero-order valence-corrected chi connectivity index (χ0v) is 16.5. The van der Waals surface area contributed by atoms with Gasteiger partial charge in [0.25, 0.3) is 0 Å². The van der Waals surface area contributed by atoms with Crippen molar-refractivity contribution < 1.29 is 9.59 Å². The maximum absolute atomic E-state index is 12.2. The van der Waals surface area contributed by atoms with Crippen molar-refractivity contribution in [3.8, 4) is 0 Å². The topological polar surface area (TPSA) is 86.7 Å². The fraction of sp³-hybridized carbons (Fsp3) is 0.333. The second-order valence-corrected chi connectivity index (χ2v) is 6.85. The second-order valence-electron chi connectivity index (χ2n) is 6.85. The Hall–Kier alpha value is -3.22. The van der Waals surface area contributed by atoms with Crippen molar-refractivity contribution in [2.45, 2.75) is 33.6 Å². The average molecular weight is 379 g/mol. The number of aromatic nitrogens is 1. The molecule has 1 aromatic heterocycles. The summed E-state index contributed by atoms with van der Waals surface area (Å²) in [6.07, 6.45) is 1.06. The summed E-state index contributed by atoms with van der Waals surface area (Å²) in [6.45, 7) is 6.35.